The van der Waals surface area contributed by atoms with Crippen LogP contribution in [0.1, 0.15) is 13.3 Å². The number of hydrogen-bond donors (Lipinski definition) is 2. The summed E-state index contributed by atoms with van der Waals surface area (Å²) < 4.78 is 13.4. The van der Waals surface area contributed by atoms with Crippen molar-refractivity contribution < 1.29 is 14.3 Å². The van der Waals surface area contributed by atoms with E-state index in [2.05, 4.69) is 5.32 Å². The number of carbonyl (C=O) groups excluding carboxylic acids is 1. The van der Waals surface area contributed by atoms with Crippen LogP contribution in [0.5, 0.6) is 0 Å². The first kappa shape index (κ1) is 15.9. The molecule has 0 spiro atoms. The number of rotatable bonds is 6. The highest BCUT2D eigenvalue weighted by molar-refractivity contribution is 6.30. The van der Waals surface area contributed by atoms with Gasteiger partial charge in [0.1, 0.15) is 5.82 Å². The number of amides is 1. The molecule has 0 aromatic heterocycles. The van der Waals surface area contributed by atoms with E-state index in [1.54, 1.807) is 18.9 Å². The maximum atomic E-state index is 13.4. The fourth-order valence-corrected chi connectivity index (χ4v) is 1.69. The molecular weight excluding hydrogens is 271 g/mol. The molecule has 1 aromatic carbocycles. The van der Waals surface area contributed by atoms with Crippen LogP contribution in [0.4, 0.5) is 10.1 Å². The van der Waals surface area contributed by atoms with Gasteiger partial charge < -0.3 is 10.4 Å². The van der Waals surface area contributed by atoms with Gasteiger partial charge in [-0.1, -0.05) is 11.6 Å². The Balaban J connectivity index is 2.48. The Morgan fingerprint density at radius 2 is 2.26 bits per heavy atom. The molecule has 0 saturated heterocycles. The van der Waals surface area contributed by atoms with Crippen molar-refractivity contribution in [3.05, 3.63) is 29.0 Å². The molecule has 0 radical (unpaired) electrons. The first-order valence-electron chi connectivity index (χ1n) is 6.00. The molecule has 1 unspecified atom stereocenters. The van der Waals surface area contributed by atoms with Crippen molar-refractivity contribution in [2.24, 2.45) is 0 Å². The highest BCUT2D eigenvalue weighted by Gasteiger charge is 2.10. The molecule has 1 rings (SSSR count). The number of likely N-dealkylation sites (N-methyl/N-ethyl adjacent to an activating group) is 1. The van der Waals surface area contributed by atoms with Gasteiger partial charge in [0, 0.05) is 11.6 Å². The number of nitrogens with zero attached hydrogens (tertiary/aromatic N) is 1. The van der Waals surface area contributed by atoms with Crippen molar-refractivity contribution in [3.63, 3.8) is 0 Å². The van der Waals surface area contributed by atoms with Crippen molar-refractivity contribution >= 4 is 23.2 Å². The minimum atomic E-state index is -0.524. The summed E-state index contributed by atoms with van der Waals surface area (Å²) in [5.41, 5.74) is 0.0708. The van der Waals surface area contributed by atoms with Crippen molar-refractivity contribution in [2.45, 2.75) is 19.4 Å². The molecule has 2 N–H and O–H groups in total. The van der Waals surface area contributed by atoms with Crippen LogP contribution in [0.15, 0.2) is 18.2 Å². The van der Waals surface area contributed by atoms with Gasteiger partial charge in [-0.05, 0) is 38.6 Å². The lowest BCUT2D eigenvalue weighted by molar-refractivity contribution is -0.117. The smallest absolute Gasteiger partial charge is 0.238 e. The minimum absolute atomic E-state index is 0.0708. The van der Waals surface area contributed by atoms with E-state index >= 15 is 0 Å². The number of aliphatic hydroxyl groups excluding tert-OH is 1. The van der Waals surface area contributed by atoms with Gasteiger partial charge in [0.05, 0.1) is 18.3 Å². The average Bonchev–Trinajstić information content (AvgIpc) is 2.31. The van der Waals surface area contributed by atoms with E-state index in [4.69, 9.17) is 16.7 Å². The van der Waals surface area contributed by atoms with Gasteiger partial charge in [0.2, 0.25) is 5.91 Å². The lowest BCUT2D eigenvalue weighted by Crippen LogP contribution is -2.32. The number of halogens is 2. The first-order valence-corrected chi connectivity index (χ1v) is 6.38. The zero-order valence-corrected chi connectivity index (χ0v) is 11.7. The third-order valence-corrected chi connectivity index (χ3v) is 2.78. The Bertz CT molecular complexity index is 441. The summed E-state index contributed by atoms with van der Waals surface area (Å²) in [5.74, 6) is -0.848. The molecule has 1 amide bonds. The van der Waals surface area contributed by atoms with Crippen molar-refractivity contribution in [2.75, 3.05) is 25.5 Å². The van der Waals surface area contributed by atoms with Crippen molar-refractivity contribution in [3.8, 4) is 0 Å². The summed E-state index contributed by atoms with van der Waals surface area (Å²) in [6, 6.07) is 3.99. The van der Waals surface area contributed by atoms with Gasteiger partial charge in [0.15, 0.2) is 0 Å². The average molecular weight is 289 g/mol. The van der Waals surface area contributed by atoms with E-state index < -0.39 is 11.9 Å². The SMILES string of the molecule is CC(O)CCN(C)CC(=O)Nc1cc(Cl)ccc1F. The summed E-state index contributed by atoms with van der Waals surface area (Å²) in [5, 5.41) is 12.0. The van der Waals surface area contributed by atoms with Crippen LogP contribution in [0, 0.1) is 5.82 Å². The largest absolute Gasteiger partial charge is 0.393 e. The molecule has 106 valence electrons. The zero-order chi connectivity index (χ0) is 14.4. The molecule has 6 heteroatoms. The van der Waals surface area contributed by atoms with E-state index in [9.17, 15) is 9.18 Å². The van der Waals surface area contributed by atoms with Crippen molar-refractivity contribution in [1.29, 1.82) is 0 Å². The third kappa shape index (κ3) is 6.00. The fraction of sp³-hybridized carbons (Fsp3) is 0.462. The van der Waals surface area contributed by atoms with Crippen LogP contribution in [0.3, 0.4) is 0 Å². The standard InChI is InChI=1S/C13H18ClFN2O2/c1-9(18)5-6-17(2)8-13(19)16-12-7-10(14)3-4-11(12)15/h3-4,7,9,18H,5-6,8H2,1-2H3,(H,16,19). The number of benzene rings is 1. The molecule has 19 heavy (non-hydrogen) atoms. The predicted molar refractivity (Wildman–Crippen MR) is 73.8 cm³/mol. The van der Waals surface area contributed by atoms with Crippen LogP contribution in [-0.2, 0) is 4.79 Å². The Labute approximate surface area is 117 Å². The van der Waals surface area contributed by atoms with Crippen LogP contribution >= 0.6 is 11.6 Å². The lowest BCUT2D eigenvalue weighted by Gasteiger charge is -2.17. The number of nitrogens with one attached hydrogen (secondary N) is 1. The van der Waals surface area contributed by atoms with Crippen LogP contribution in [0.25, 0.3) is 0 Å². The monoisotopic (exact) mass is 288 g/mol. The normalized spacial score (nSPS) is 12.5. The van der Waals surface area contributed by atoms with Crippen LogP contribution in [0.2, 0.25) is 5.02 Å². The molecule has 0 aliphatic heterocycles. The molecule has 1 atom stereocenters. The second-order valence-corrected chi connectivity index (χ2v) is 4.98. The maximum Gasteiger partial charge on any atom is 0.238 e. The number of anilines is 1. The summed E-state index contributed by atoms with van der Waals surface area (Å²) in [6.07, 6.45) is 0.172. The maximum absolute atomic E-state index is 13.4. The predicted octanol–water partition coefficient (Wildman–Crippen LogP) is 2.12. The fourth-order valence-electron chi connectivity index (χ4n) is 1.51. The quantitative estimate of drug-likeness (QED) is 0.843. The van der Waals surface area contributed by atoms with E-state index in [0.717, 1.165) is 0 Å². The van der Waals surface area contributed by atoms with E-state index in [0.29, 0.717) is 18.0 Å². The second-order valence-electron chi connectivity index (χ2n) is 4.55. The Kier molecular flexibility index (Phi) is 6.21. The summed E-state index contributed by atoms with van der Waals surface area (Å²) in [4.78, 5) is 13.5. The number of hydrogen-bond acceptors (Lipinski definition) is 3. The topological polar surface area (TPSA) is 52.6 Å². The molecular formula is C13H18ClFN2O2. The Morgan fingerprint density at radius 3 is 2.89 bits per heavy atom. The van der Waals surface area contributed by atoms with E-state index in [-0.39, 0.29) is 18.1 Å². The molecule has 0 bridgehead atoms. The van der Waals surface area contributed by atoms with Gasteiger partial charge >= 0.3 is 0 Å². The van der Waals surface area contributed by atoms with E-state index in [1.165, 1.54) is 18.2 Å². The minimum Gasteiger partial charge on any atom is -0.393 e. The molecule has 0 saturated carbocycles. The lowest BCUT2D eigenvalue weighted by atomic mass is 10.2. The van der Waals surface area contributed by atoms with Gasteiger partial charge in [-0.25, -0.2) is 4.39 Å². The van der Waals surface area contributed by atoms with Gasteiger partial charge in [-0.3, -0.25) is 9.69 Å². The Morgan fingerprint density at radius 1 is 1.58 bits per heavy atom. The highest BCUT2D eigenvalue weighted by Crippen LogP contribution is 2.19. The molecule has 0 aliphatic rings. The summed E-state index contributed by atoms with van der Waals surface area (Å²) in [7, 11) is 1.76. The van der Waals surface area contributed by atoms with Gasteiger partial charge in [0.25, 0.3) is 0 Å². The Hall–Kier alpha value is -1.17. The zero-order valence-electron chi connectivity index (χ0n) is 11.0. The van der Waals surface area contributed by atoms with Gasteiger partial charge in [-0.15, -0.1) is 0 Å². The van der Waals surface area contributed by atoms with Crippen LogP contribution in [-0.4, -0.2) is 42.2 Å². The summed E-state index contributed by atoms with van der Waals surface area (Å²) in [6.45, 7) is 2.40. The molecule has 0 heterocycles. The van der Waals surface area contributed by atoms with E-state index in [1.807, 2.05) is 0 Å². The summed E-state index contributed by atoms with van der Waals surface area (Å²) >= 11 is 5.73. The molecule has 0 fully saturated rings. The third-order valence-electron chi connectivity index (χ3n) is 2.54. The first-order chi connectivity index (χ1) is 8.88. The number of aliphatic hydroxyl groups is 1. The van der Waals surface area contributed by atoms with Crippen molar-refractivity contribution in [1.82, 2.24) is 4.90 Å². The molecule has 4 nitrogen and oxygen atoms in total. The van der Waals surface area contributed by atoms with Crippen LogP contribution < -0.4 is 5.32 Å². The molecule has 0 aliphatic carbocycles. The number of carbonyl (C=O) groups is 1. The molecule has 1 aromatic rings. The second kappa shape index (κ2) is 7.43. The van der Waals surface area contributed by atoms with Gasteiger partial charge in [-0.2, -0.15) is 0 Å². The highest BCUT2D eigenvalue weighted by atomic mass is 35.5.